The van der Waals surface area contributed by atoms with Crippen molar-refractivity contribution < 1.29 is 0 Å². The van der Waals surface area contributed by atoms with Gasteiger partial charge in [-0.3, -0.25) is 0 Å². The second-order valence-electron chi connectivity index (χ2n) is 3.04. The highest BCUT2D eigenvalue weighted by Gasteiger charge is 2.06. The average Bonchev–Trinajstić information content (AvgIpc) is 2.23. The molecular weight excluding hydrogens is 276 g/mol. The van der Waals surface area contributed by atoms with Gasteiger partial charge in [-0.25, -0.2) is 0 Å². The Morgan fingerprint density at radius 1 is 1.14 bits per heavy atom. The lowest BCUT2D eigenvalue weighted by atomic mass is 10.2. The Kier molecular flexibility index (Phi) is 4.02. The molecule has 0 saturated carbocycles. The zero-order chi connectivity index (χ0) is 9.80. The van der Waals surface area contributed by atoms with Crippen molar-refractivity contribution in [2.45, 2.75) is 6.42 Å². The maximum Gasteiger partial charge on any atom is 0.0407 e. The summed E-state index contributed by atoms with van der Waals surface area (Å²) in [5.41, 5.74) is 1.28. The lowest BCUT2D eigenvalue weighted by Crippen LogP contribution is -1.91. The van der Waals surface area contributed by atoms with Gasteiger partial charge >= 0.3 is 0 Å². The van der Waals surface area contributed by atoms with Crippen LogP contribution in [0.2, 0.25) is 0 Å². The molecule has 0 aromatic heterocycles. The summed E-state index contributed by atoms with van der Waals surface area (Å²) in [5, 5.41) is 0. The molecule has 0 amide bonds. The van der Waals surface area contributed by atoms with Crippen LogP contribution in [0.5, 0.6) is 0 Å². The van der Waals surface area contributed by atoms with Gasteiger partial charge in [0.15, 0.2) is 0 Å². The second-order valence-corrected chi connectivity index (χ2v) is 6.42. The molecule has 3 heteroatoms. The third-order valence-electron chi connectivity index (χ3n) is 1.96. The molecule has 1 aromatic rings. The molecule has 0 spiro atoms. The molecule has 0 unspecified atom stereocenters. The SMILES string of the molecule is Brc1ccccc1C=C1SCCCS1. The molecule has 1 fully saturated rings. The highest BCUT2D eigenvalue weighted by molar-refractivity contribution is 9.10. The number of halogens is 1. The Morgan fingerprint density at radius 2 is 1.86 bits per heavy atom. The van der Waals surface area contributed by atoms with E-state index in [0.717, 1.165) is 0 Å². The molecule has 1 heterocycles. The van der Waals surface area contributed by atoms with Gasteiger partial charge in [0.1, 0.15) is 0 Å². The minimum Gasteiger partial charge on any atom is -0.119 e. The van der Waals surface area contributed by atoms with Crippen molar-refractivity contribution in [1.82, 2.24) is 0 Å². The van der Waals surface area contributed by atoms with Gasteiger partial charge in [0.05, 0.1) is 0 Å². The summed E-state index contributed by atoms with van der Waals surface area (Å²) < 4.78 is 2.63. The van der Waals surface area contributed by atoms with Crippen LogP contribution < -0.4 is 0 Å². The molecule has 1 saturated heterocycles. The molecule has 0 N–H and O–H groups in total. The van der Waals surface area contributed by atoms with E-state index in [4.69, 9.17) is 0 Å². The van der Waals surface area contributed by atoms with Crippen LogP contribution in [0.3, 0.4) is 0 Å². The number of hydrogen-bond acceptors (Lipinski definition) is 2. The molecule has 1 aliphatic heterocycles. The van der Waals surface area contributed by atoms with Crippen LogP contribution in [0.25, 0.3) is 6.08 Å². The minimum atomic E-state index is 1.18. The van der Waals surface area contributed by atoms with Crippen molar-refractivity contribution in [3.63, 3.8) is 0 Å². The highest BCUT2D eigenvalue weighted by atomic mass is 79.9. The topological polar surface area (TPSA) is 0 Å². The fourth-order valence-electron chi connectivity index (χ4n) is 1.25. The number of rotatable bonds is 1. The molecule has 14 heavy (non-hydrogen) atoms. The van der Waals surface area contributed by atoms with E-state index in [9.17, 15) is 0 Å². The first-order valence-electron chi connectivity index (χ1n) is 4.58. The van der Waals surface area contributed by atoms with E-state index in [0.29, 0.717) is 0 Å². The summed E-state index contributed by atoms with van der Waals surface area (Å²) in [7, 11) is 0. The van der Waals surface area contributed by atoms with E-state index < -0.39 is 0 Å². The van der Waals surface area contributed by atoms with E-state index in [1.165, 1.54) is 32.2 Å². The Bertz CT molecular complexity index is 339. The van der Waals surface area contributed by atoms with Crippen LogP contribution in [0.15, 0.2) is 33.0 Å². The van der Waals surface area contributed by atoms with Gasteiger partial charge in [0.25, 0.3) is 0 Å². The Morgan fingerprint density at radius 3 is 2.57 bits per heavy atom. The predicted molar refractivity (Wildman–Crippen MR) is 71.7 cm³/mol. The third kappa shape index (κ3) is 2.81. The van der Waals surface area contributed by atoms with Crippen molar-refractivity contribution >= 4 is 45.5 Å². The molecule has 1 aromatic carbocycles. The zero-order valence-corrected chi connectivity index (χ0v) is 10.9. The van der Waals surface area contributed by atoms with E-state index >= 15 is 0 Å². The largest absolute Gasteiger partial charge is 0.119 e. The first-order chi connectivity index (χ1) is 6.86. The lowest BCUT2D eigenvalue weighted by molar-refractivity contribution is 1.12. The van der Waals surface area contributed by atoms with E-state index in [2.05, 4.69) is 40.2 Å². The van der Waals surface area contributed by atoms with Gasteiger partial charge in [0, 0.05) is 8.71 Å². The van der Waals surface area contributed by atoms with Gasteiger partial charge in [-0.1, -0.05) is 34.1 Å². The summed E-state index contributed by atoms with van der Waals surface area (Å²) in [6.07, 6.45) is 3.61. The van der Waals surface area contributed by atoms with Gasteiger partial charge < -0.3 is 0 Å². The lowest BCUT2D eigenvalue weighted by Gasteiger charge is -2.12. The smallest absolute Gasteiger partial charge is 0.0407 e. The van der Waals surface area contributed by atoms with Crippen molar-refractivity contribution in [1.29, 1.82) is 0 Å². The first kappa shape index (κ1) is 10.7. The molecule has 0 nitrogen and oxygen atoms in total. The maximum atomic E-state index is 3.56. The zero-order valence-electron chi connectivity index (χ0n) is 7.70. The second kappa shape index (κ2) is 5.29. The Labute approximate surface area is 102 Å². The van der Waals surface area contributed by atoms with Crippen LogP contribution in [0.4, 0.5) is 0 Å². The molecule has 74 valence electrons. The van der Waals surface area contributed by atoms with Gasteiger partial charge in [-0.2, -0.15) is 0 Å². The molecule has 0 aliphatic carbocycles. The van der Waals surface area contributed by atoms with Gasteiger partial charge in [0.2, 0.25) is 0 Å². The Balaban J connectivity index is 2.19. The molecule has 1 aliphatic rings. The fourth-order valence-corrected chi connectivity index (χ4v) is 4.06. The van der Waals surface area contributed by atoms with E-state index in [1.54, 1.807) is 0 Å². The first-order valence-corrected chi connectivity index (χ1v) is 7.34. The summed E-state index contributed by atoms with van der Waals surface area (Å²) >= 11 is 7.50. The van der Waals surface area contributed by atoms with Crippen LogP contribution in [0.1, 0.15) is 12.0 Å². The number of benzene rings is 1. The number of thioether (sulfide) groups is 2. The van der Waals surface area contributed by atoms with E-state index in [-0.39, 0.29) is 0 Å². The summed E-state index contributed by atoms with van der Waals surface area (Å²) in [6, 6.07) is 8.36. The van der Waals surface area contributed by atoms with Crippen molar-refractivity contribution in [3.05, 3.63) is 38.5 Å². The maximum absolute atomic E-state index is 3.56. The summed E-state index contributed by atoms with van der Waals surface area (Å²) in [6.45, 7) is 0. The van der Waals surface area contributed by atoms with Crippen LogP contribution >= 0.6 is 39.5 Å². The standard InChI is InChI=1S/C11H11BrS2/c12-10-5-2-1-4-9(10)8-11-13-6-3-7-14-11/h1-2,4-5,8H,3,6-7H2. The van der Waals surface area contributed by atoms with Crippen molar-refractivity contribution in [2.75, 3.05) is 11.5 Å². The molecule has 0 atom stereocenters. The van der Waals surface area contributed by atoms with Crippen molar-refractivity contribution in [2.24, 2.45) is 0 Å². The van der Waals surface area contributed by atoms with Crippen molar-refractivity contribution in [3.8, 4) is 0 Å². The van der Waals surface area contributed by atoms with Gasteiger partial charge in [-0.15, -0.1) is 23.5 Å². The van der Waals surface area contributed by atoms with Gasteiger partial charge in [-0.05, 0) is 35.6 Å². The monoisotopic (exact) mass is 286 g/mol. The minimum absolute atomic E-state index is 1.18. The normalized spacial score (nSPS) is 16.8. The molecule has 0 radical (unpaired) electrons. The Hall–Kier alpha value is 0.140. The molecule has 2 rings (SSSR count). The highest BCUT2D eigenvalue weighted by Crippen LogP contribution is 2.36. The average molecular weight is 287 g/mol. The molecule has 0 bridgehead atoms. The van der Waals surface area contributed by atoms with Crippen LogP contribution in [0, 0.1) is 0 Å². The predicted octanol–water partition coefficient (Wildman–Crippen LogP) is 4.62. The quantitative estimate of drug-likeness (QED) is 0.739. The van der Waals surface area contributed by atoms with Crippen LogP contribution in [-0.4, -0.2) is 11.5 Å². The summed E-state index contributed by atoms with van der Waals surface area (Å²) in [4.78, 5) is 0. The third-order valence-corrected chi connectivity index (χ3v) is 5.18. The number of hydrogen-bond donors (Lipinski definition) is 0. The van der Waals surface area contributed by atoms with E-state index in [1.807, 2.05) is 29.6 Å². The fraction of sp³-hybridized carbons (Fsp3) is 0.273. The van der Waals surface area contributed by atoms with Crippen LogP contribution in [-0.2, 0) is 0 Å². The molecular formula is C11H11BrS2. The summed E-state index contributed by atoms with van der Waals surface area (Å²) in [5.74, 6) is 2.53.